The average Bonchev–Trinajstić information content (AvgIpc) is 2.15. The van der Waals surface area contributed by atoms with E-state index in [-0.39, 0.29) is 6.42 Å². The fourth-order valence-corrected chi connectivity index (χ4v) is 1.31. The third kappa shape index (κ3) is 3.47. The van der Waals surface area contributed by atoms with Gasteiger partial charge in [-0.15, -0.1) is 0 Å². The largest absolute Gasteiger partial charge is 0.508 e. The Morgan fingerprint density at radius 1 is 1.21 bits per heavy atom. The topological polar surface area (TPSA) is 57.5 Å². The second-order valence-electron chi connectivity index (χ2n) is 3.23. The number of phenolic OH excluding ortho intramolecular Hbond substituents is 1. The number of aryl methyl sites for hydroxylation is 1. The van der Waals surface area contributed by atoms with Crippen molar-refractivity contribution in [2.24, 2.45) is 0 Å². The van der Waals surface area contributed by atoms with Crippen LogP contribution in [0.25, 0.3) is 0 Å². The maximum atomic E-state index is 10.2. The number of aliphatic carboxylic acids is 1. The van der Waals surface area contributed by atoms with Crippen LogP contribution in [0, 0.1) is 0 Å². The van der Waals surface area contributed by atoms with Gasteiger partial charge >= 0.3 is 5.97 Å². The molecule has 1 rings (SSSR count). The number of hydrogen-bond acceptors (Lipinski definition) is 2. The number of carbonyl (C=O) groups is 1. The van der Waals surface area contributed by atoms with Crippen LogP contribution in [-0.4, -0.2) is 16.2 Å². The molecular formula is C11H14O3. The Balaban J connectivity index is 2.31. The van der Waals surface area contributed by atoms with Crippen LogP contribution >= 0.6 is 0 Å². The minimum Gasteiger partial charge on any atom is -0.508 e. The Labute approximate surface area is 83.0 Å². The number of para-hydroxylation sites is 1. The number of phenols is 1. The number of rotatable bonds is 5. The van der Waals surface area contributed by atoms with E-state index in [4.69, 9.17) is 5.11 Å². The van der Waals surface area contributed by atoms with Crippen LogP contribution < -0.4 is 0 Å². The molecular weight excluding hydrogens is 180 g/mol. The van der Waals surface area contributed by atoms with Gasteiger partial charge in [-0.05, 0) is 30.9 Å². The minimum atomic E-state index is -0.762. The summed E-state index contributed by atoms with van der Waals surface area (Å²) in [6.45, 7) is 0. The van der Waals surface area contributed by atoms with Gasteiger partial charge in [0.25, 0.3) is 0 Å². The number of carboxylic acid groups (broad SMARTS) is 1. The molecule has 0 aliphatic heterocycles. The van der Waals surface area contributed by atoms with Crippen LogP contribution in [0.2, 0.25) is 0 Å². The fourth-order valence-electron chi connectivity index (χ4n) is 1.31. The molecule has 0 spiro atoms. The lowest BCUT2D eigenvalue weighted by Crippen LogP contribution is -1.94. The first-order chi connectivity index (χ1) is 6.70. The molecule has 14 heavy (non-hydrogen) atoms. The summed E-state index contributed by atoms with van der Waals surface area (Å²) in [6.07, 6.45) is 2.39. The first kappa shape index (κ1) is 10.6. The van der Waals surface area contributed by atoms with Crippen LogP contribution in [0.3, 0.4) is 0 Å². The molecule has 0 saturated carbocycles. The molecule has 76 valence electrons. The number of unbranched alkanes of at least 4 members (excludes halogenated alkanes) is 1. The van der Waals surface area contributed by atoms with Crippen molar-refractivity contribution in [1.29, 1.82) is 0 Å². The molecule has 0 heterocycles. The van der Waals surface area contributed by atoms with Crippen molar-refractivity contribution >= 4 is 5.97 Å². The van der Waals surface area contributed by atoms with Gasteiger partial charge in [0.2, 0.25) is 0 Å². The van der Waals surface area contributed by atoms with Crippen LogP contribution in [-0.2, 0) is 11.2 Å². The lowest BCUT2D eigenvalue weighted by molar-refractivity contribution is -0.137. The van der Waals surface area contributed by atoms with E-state index in [2.05, 4.69) is 0 Å². The molecule has 0 fully saturated rings. The minimum absolute atomic E-state index is 0.202. The number of hydrogen-bond donors (Lipinski definition) is 2. The molecule has 1 aromatic carbocycles. The third-order valence-electron chi connectivity index (χ3n) is 2.08. The third-order valence-corrected chi connectivity index (χ3v) is 2.08. The van der Waals surface area contributed by atoms with Gasteiger partial charge in [0, 0.05) is 6.42 Å². The van der Waals surface area contributed by atoms with Crippen molar-refractivity contribution in [1.82, 2.24) is 0 Å². The zero-order valence-electron chi connectivity index (χ0n) is 7.94. The molecule has 0 aromatic heterocycles. The summed E-state index contributed by atoms with van der Waals surface area (Å²) in [5.74, 6) is -0.467. The molecule has 0 saturated heterocycles. The summed E-state index contributed by atoms with van der Waals surface area (Å²) in [7, 11) is 0. The van der Waals surface area contributed by atoms with Gasteiger partial charge in [0.1, 0.15) is 5.75 Å². The quantitative estimate of drug-likeness (QED) is 0.706. The lowest BCUT2D eigenvalue weighted by Gasteiger charge is -2.02. The van der Waals surface area contributed by atoms with E-state index in [0.717, 1.165) is 18.4 Å². The van der Waals surface area contributed by atoms with Gasteiger partial charge in [0.15, 0.2) is 0 Å². The van der Waals surface area contributed by atoms with Crippen LogP contribution in [0.5, 0.6) is 5.75 Å². The summed E-state index contributed by atoms with van der Waals surface area (Å²) in [5.41, 5.74) is 0.887. The summed E-state index contributed by atoms with van der Waals surface area (Å²) in [5, 5.41) is 17.8. The molecule has 0 aliphatic rings. The standard InChI is InChI=1S/C11H14O3/c12-10-7-3-1-5-9(10)6-2-4-8-11(13)14/h1,3,5,7,12H,2,4,6,8H2,(H,13,14). The molecule has 3 nitrogen and oxygen atoms in total. The molecule has 0 amide bonds. The van der Waals surface area contributed by atoms with Gasteiger partial charge in [-0.3, -0.25) is 4.79 Å². The van der Waals surface area contributed by atoms with E-state index < -0.39 is 5.97 Å². The second kappa shape index (κ2) is 5.27. The molecule has 0 unspecified atom stereocenters. The first-order valence-corrected chi connectivity index (χ1v) is 4.69. The summed E-state index contributed by atoms with van der Waals surface area (Å²) >= 11 is 0. The van der Waals surface area contributed by atoms with Gasteiger partial charge in [-0.25, -0.2) is 0 Å². The smallest absolute Gasteiger partial charge is 0.303 e. The maximum absolute atomic E-state index is 10.2. The maximum Gasteiger partial charge on any atom is 0.303 e. The normalized spacial score (nSPS) is 10.0. The highest BCUT2D eigenvalue weighted by molar-refractivity contribution is 5.66. The monoisotopic (exact) mass is 194 g/mol. The van der Waals surface area contributed by atoms with E-state index in [0.29, 0.717) is 12.2 Å². The van der Waals surface area contributed by atoms with Crippen molar-refractivity contribution in [3.8, 4) is 5.75 Å². The highest BCUT2D eigenvalue weighted by Crippen LogP contribution is 2.18. The summed E-state index contributed by atoms with van der Waals surface area (Å²) < 4.78 is 0. The zero-order valence-corrected chi connectivity index (χ0v) is 7.94. The average molecular weight is 194 g/mol. The Morgan fingerprint density at radius 2 is 1.93 bits per heavy atom. The second-order valence-corrected chi connectivity index (χ2v) is 3.23. The highest BCUT2D eigenvalue weighted by atomic mass is 16.4. The lowest BCUT2D eigenvalue weighted by atomic mass is 10.1. The van der Waals surface area contributed by atoms with Crippen molar-refractivity contribution in [2.75, 3.05) is 0 Å². The van der Waals surface area contributed by atoms with Gasteiger partial charge in [0.05, 0.1) is 0 Å². The first-order valence-electron chi connectivity index (χ1n) is 4.69. The predicted octanol–water partition coefficient (Wildman–Crippen LogP) is 2.19. The van der Waals surface area contributed by atoms with E-state index in [1.807, 2.05) is 12.1 Å². The molecule has 0 atom stereocenters. The van der Waals surface area contributed by atoms with Gasteiger partial charge < -0.3 is 10.2 Å². The summed E-state index contributed by atoms with van der Waals surface area (Å²) in [6, 6.07) is 7.14. The van der Waals surface area contributed by atoms with Gasteiger partial charge in [-0.2, -0.15) is 0 Å². The molecule has 2 N–H and O–H groups in total. The number of carboxylic acids is 1. The van der Waals surface area contributed by atoms with Crippen LogP contribution in [0.1, 0.15) is 24.8 Å². The Morgan fingerprint density at radius 3 is 2.57 bits per heavy atom. The van der Waals surface area contributed by atoms with Crippen molar-refractivity contribution in [3.63, 3.8) is 0 Å². The zero-order chi connectivity index (χ0) is 10.4. The Bertz CT molecular complexity index is 307. The van der Waals surface area contributed by atoms with Crippen molar-refractivity contribution in [2.45, 2.75) is 25.7 Å². The Kier molecular flexibility index (Phi) is 3.98. The van der Waals surface area contributed by atoms with Crippen molar-refractivity contribution < 1.29 is 15.0 Å². The number of benzene rings is 1. The van der Waals surface area contributed by atoms with Gasteiger partial charge in [-0.1, -0.05) is 18.2 Å². The fraction of sp³-hybridized carbons (Fsp3) is 0.364. The highest BCUT2D eigenvalue weighted by Gasteiger charge is 2.00. The van der Waals surface area contributed by atoms with E-state index in [1.54, 1.807) is 12.1 Å². The summed E-state index contributed by atoms with van der Waals surface area (Å²) in [4.78, 5) is 10.2. The van der Waals surface area contributed by atoms with Crippen LogP contribution in [0.4, 0.5) is 0 Å². The molecule has 0 aliphatic carbocycles. The Hall–Kier alpha value is -1.51. The van der Waals surface area contributed by atoms with E-state index in [1.165, 1.54) is 0 Å². The molecule has 0 bridgehead atoms. The molecule has 3 heteroatoms. The SMILES string of the molecule is O=C(O)CCCCc1ccccc1O. The van der Waals surface area contributed by atoms with E-state index >= 15 is 0 Å². The molecule has 0 radical (unpaired) electrons. The molecule has 1 aromatic rings. The van der Waals surface area contributed by atoms with E-state index in [9.17, 15) is 9.90 Å². The van der Waals surface area contributed by atoms with Crippen LogP contribution in [0.15, 0.2) is 24.3 Å². The predicted molar refractivity (Wildman–Crippen MR) is 53.3 cm³/mol. The number of aromatic hydroxyl groups is 1. The van der Waals surface area contributed by atoms with Crippen molar-refractivity contribution in [3.05, 3.63) is 29.8 Å².